The predicted octanol–water partition coefficient (Wildman–Crippen LogP) is 7.12. The highest BCUT2D eigenvalue weighted by Crippen LogP contribution is 2.48. The van der Waals surface area contributed by atoms with Crippen LogP contribution in [-0.2, 0) is 11.2 Å². The lowest BCUT2D eigenvalue weighted by Gasteiger charge is -2.34. The standard InChI is InChI=1S/C35H28F3N3O3/c36-24-5-1-19(2-6-24)29-13-22(27-8-3-20(14-31(27)38)35(43)41-17-25(37)18-41)11-23-12-26(44-34(23)29)7-9-32(42)30-15-28(30)21-4-10-33(39)40-16-21/h1-6,8,10-14,16,25,28,30H,7,9,15,17-18H2,(H2,39,40)/t28-,30+/m1/s1. The molecule has 2 atom stereocenters. The number of alkyl halides is 1. The van der Waals surface area contributed by atoms with Gasteiger partial charge >= 0.3 is 0 Å². The first-order valence-electron chi connectivity index (χ1n) is 14.5. The number of amides is 1. The molecule has 0 spiro atoms. The maximum atomic E-state index is 15.5. The monoisotopic (exact) mass is 595 g/mol. The minimum atomic E-state index is -1.05. The minimum absolute atomic E-state index is 0.00954. The van der Waals surface area contributed by atoms with E-state index in [0.717, 1.165) is 12.0 Å². The van der Waals surface area contributed by atoms with Crippen LogP contribution in [0.2, 0.25) is 0 Å². The number of hydrogen-bond donors (Lipinski definition) is 1. The van der Waals surface area contributed by atoms with Crippen molar-refractivity contribution < 1.29 is 27.2 Å². The lowest BCUT2D eigenvalue weighted by atomic mass is 9.95. The Morgan fingerprint density at radius 3 is 2.43 bits per heavy atom. The number of aromatic nitrogens is 1. The van der Waals surface area contributed by atoms with Gasteiger partial charge in [-0.3, -0.25) is 9.59 Å². The number of carbonyl (C=O) groups excluding carboxylic acids is 2. The van der Waals surface area contributed by atoms with E-state index in [1.165, 1.54) is 35.2 Å². The van der Waals surface area contributed by atoms with E-state index in [4.69, 9.17) is 10.2 Å². The molecule has 2 aliphatic rings. The highest BCUT2D eigenvalue weighted by Gasteiger charge is 2.43. The zero-order valence-corrected chi connectivity index (χ0v) is 23.6. The van der Waals surface area contributed by atoms with Gasteiger partial charge < -0.3 is 15.1 Å². The van der Waals surface area contributed by atoms with Crippen LogP contribution in [0.25, 0.3) is 33.2 Å². The third kappa shape index (κ3) is 5.34. The Bertz CT molecular complexity index is 1900. The second-order valence-corrected chi connectivity index (χ2v) is 11.6. The van der Waals surface area contributed by atoms with Gasteiger partial charge in [-0.1, -0.05) is 24.3 Å². The van der Waals surface area contributed by atoms with E-state index < -0.39 is 17.9 Å². The summed E-state index contributed by atoms with van der Waals surface area (Å²) in [4.78, 5) is 31.1. The summed E-state index contributed by atoms with van der Waals surface area (Å²) in [7, 11) is 0. The van der Waals surface area contributed by atoms with Crippen LogP contribution in [0.4, 0.5) is 19.0 Å². The highest BCUT2D eigenvalue weighted by molar-refractivity contribution is 5.98. The molecule has 1 aliphatic heterocycles. The minimum Gasteiger partial charge on any atom is -0.460 e. The molecular weight excluding hydrogens is 567 g/mol. The molecule has 9 heteroatoms. The number of nitrogens with zero attached hydrogens (tertiary/aromatic N) is 2. The van der Waals surface area contributed by atoms with Crippen LogP contribution >= 0.6 is 0 Å². The number of nitrogens with two attached hydrogens (primary N) is 1. The number of pyridine rings is 1. The van der Waals surface area contributed by atoms with Crippen LogP contribution in [0.15, 0.2) is 83.4 Å². The summed E-state index contributed by atoms with van der Waals surface area (Å²) in [6.45, 7) is 0.0191. The molecule has 1 aliphatic carbocycles. The van der Waals surface area contributed by atoms with Crippen LogP contribution in [0.1, 0.15) is 40.4 Å². The van der Waals surface area contributed by atoms with Gasteiger partial charge in [-0.25, -0.2) is 18.2 Å². The summed E-state index contributed by atoms with van der Waals surface area (Å²) in [6, 6.07) is 19.3. The van der Waals surface area contributed by atoms with Gasteiger partial charge in [-0.15, -0.1) is 0 Å². The number of nitrogen functional groups attached to an aromatic ring is 1. The summed E-state index contributed by atoms with van der Waals surface area (Å²) in [5.41, 5.74) is 9.52. The van der Waals surface area contributed by atoms with E-state index in [1.807, 2.05) is 12.1 Å². The van der Waals surface area contributed by atoms with Crippen molar-refractivity contribution in [3.05, 3.63) is 108 Å². The summed E-state index contributed by atoms with van der Waals surface area (Å²) >= 11 is 0. The van der Waals surface area contributed by atoms with E-state index in [9.17, 15) is 18.4 Å². The Kier molecular flexibility index (Phi) is 6.95. The van der Waals surface area contributed by atoms with Gasteiger partial charge in [0, 0.05) is 47.0 Å². The number of benzene rings is 3. The first kappa shape index (κ1) is 27.9. The Morgan fingerprint density at radius 2 is 1.73 bits per heavy atom. The van der Waals surface area contributed by atoms with E-state index in [1.54, 1.807) is 36.5 Å². The first-order chi connectivity index (χ1) is 21.2. The van der Waals surface area contributed by atoms with Crippen molar-refractivity contribution in [3.63, 3.8) is 0 Å². The molecule has 3 heterocycles. The maximum absolute atomic E-state index is 15.5. The molecule has 1 amide bonds. The van der Waals surface area contributed by atoms with Gasteiger partial charge in [-0.2, -0.15) is 0 Å². The molecule has 5 aromatic rings. The van der Waals surface area contributed by atoms with Gasteiger partial charge in [0.1, 0.15) is 40.8 Å². The third-order valence-corrected chi connectivity index (χ3v) is 8.53. The van der Waals surface area contributed by atoms with Gasteiger partial charge in [0.2, 0.25) is 0 Å². The smallest absolute Gasteiger partial charge is 0.254 e. The van der Waals surface area contributed by atoms with Crippen LogP contribution in [-0.4, -0.2) is 40.8 Å². The molecule has 2 fully saturated rings. The fourth-order valence-electron chi connectivity index (χ4n) is 5.97. The molecule has 1 saturated heterocycles. The second kappa shape index (κ2) is 11.0. The van der Waals surface area contributed by atoms with Crippen molar-refractivity contribution in [1.29, 1.82) is 0 Å². The fourth-order valence-corrected chi connectivity index (χ4v) is 5.97. The molecule has 7 rings (SSSR count). The lowest BCUT2D eigenvalue weighted by Crippen LogP contribution is -2.51. The maximum Gasteiger partial charge on any atom is 0.254 e. The largest absolute Gasteiger partial charge is 0.460 e. The number of fused-ring (bicyclic) bond motifs is 1. The number of hydrogen-bond acceptors (Lipinski definition) is 5. The number of halogens is 3. The quantitative estimate of drug-likeness (QED) is 0.206. The molecule has 3 aromatic carbocycles. The Morgan fingerprint density at radius 1 is 0.932 bits per heavy atom. The van der Waals surface area contributed by atoms with Crippen LogP contribution in [0.5, 0.6) is 0 Å². The van der Waals surface area contributed by atoms with Gasteiger partial charge in [0.25, 0.3) is 5.91 Å². The summed E-state index contributed by atoms with van der Waals surface area (Å²) in [5, 5.41) is 0.704. The number of ketones is 1. The summed E-state index contributed by atoms with van der Waals surface area (Å²) in [5.74, 6) is -0.0810. The number of aryl methyl sites for hydroxylation is 1. The average molecular weight is 596 g/mol. The molecule has 222 valence electrons. The first-order valence-corrected chi connectivity index (χ1v) is 14.5. The Hall–Kier alpha value is -4.92. The molecule has 44 heavy (non-hydrogen) atoms. The zero-order valence-electron chi connectivity index (χ0n) is 23.6. The second-order valence-electron chi connectivity index (χ2n) is 11.6. The van der Waals surface area contributed by atoms with Crippen molar-refractivity contribution in [2.24, 2.45) is 5.92 Å². The van der Waals surface area contributed by atoms with Gasteiger partial charge in [0.15, 0.2) is 0 Å². The third-order valence-electron chi connectivity index (χ3n) is 8.53. The number of rotatable bonds is 8. The molecular formula is C35H28F3N3O3. The number of furan rings is 1. The summed E-state index contributed by atoms with van der Waals surface area (Å²) < 4.78 is 48.7. The Labute approximate surface area is 251 Å². The van der Waals surface area contributed by atoms with E-state index in [0.29, 0.717) is 52.1 Å². The topological polar surface area (TPSA) is 89.4 Å². The SMILES string of the molecule is Nc1ccc([C@H]2C[C@@H]2C(=O)CCc2cc3cc(-c4ccc(C(=O)N5CC(F)C5)cc4F)cc(-c4ccc(F)cc4)c3o2)cn1. The van der Waals surface area contributed by atoms with Crippen LogP contribution < -0.4 is 5.73 Å². The van der Waals surface area contributed by atoms with Crippen molar-refractivity contribution in [3.8, 4) is 22.3 Å². The predicted molar refractivity (Wildman–Crippen MR) is 161 cm³/mol. The molecule has 1 saturated carbocycles. The Balaban J connectivity index is 1.16. The molecule has 0 unspecified atom stereocenters. The molecule has 0 radical (unpaired) electrons. The normalized spacial score (nSPS) is 17.9. The van der Waals surface area contributed by atoms with Crippen molar-refractivity contribution in [2.45, 2.75) is 31.4 Å². The van der Waals surface area contributed by atoms with E-state index >= 15 is 4.39 Å². The average Bonchev–Trinajstić information content (AvgIpc) is 3.70. The molecule has 6 nitrogen and oxygen atoms in total. The van der Waals surface area contributed by atoms with Crippen LogP contribution in [0, 0.1) is 17.6 Å². The summed E-state index contributed by atoms with van der Waals surface area (Å²) in [6.07, 6.45) is 2.17. The number of likely N-dealkylation sites (tertiary alicyclic amines) is 1. The lowest BCUT2D eigenvalue weighted by molar-refractivity contribution is -0.120. The molecule has 2 aromatic heterocycles. The van der Waals surface area contributed by atoms with Crippen molar-refractivity contribution in [1.82, 2.24) is 9.88 Å². The van der Waals surface area contributed by atoms with Gasteiger partial charge in [0.05, 0.1) is 13.1 Å². The van der Waals surface area contributed by atoms with Crippen molar-refractivity contribution in [2.75, 3.05) is 18.8 Å². The van der Waals surface area contributed by atoms with Crippen molar-refractivity contribution >= 4 is 28.5 Å². The van der Waals surface area contributed by atoms with Crippen LogP contribution in [0.3, 0.4) is 0 Å². The zero-order chi connectivity index (χ0) is 30.5. The molecule has 0 bridgehead atoms. The van der Waals surface area contributed by atoms with Gasteiger partial charge in [-0.05, 0) is 77.6 Å². The number of Topliss-reactive ketones (excluding diaryl/α,β-unsaturated/α-hetero) is 1. The number of anilines is 1. The fraction of sp³-hybridized carbons (Fsp3) is 0.229. The molecule has 2 N–H and O–H groups in total. The van der Waals surface area contributed by atoms with E-state index in [-0.39, 0.29) is 47.7 Å². The van der Waals surface area contributed by atoms with E-state index in [2.05, 4.69) is 4.98 Å². The highest BCUT2D eigenvalue weighted by atomic mass is 19.1. The number of carbonyl (C=O) groups is 2.